The molecule has 0 spiro atoms. The first-order valence-corrected chi connectivity index (χ1v) is 8.52. The van der Waals surface area contributed by atoms with E-state index in [2.05, 4.69) is 4.98 Å². The van der Waals surface area contributed by atoms with Crippen molar-refractivity contribution in [1.82, 2.24) is 9.88 Å². The Morgan fingerprint density at radius 1 is 1.15 bits per heavy atom. The highest BCUT2D eigenvalue weighted by atomic mass is 35.5. The molecule has 1 aromatic heterocycles. The number of amides is 1. The van der Waals surface area contributed by atoms with Crippen LogP contribution in [0.5, 0.6) is 0 Å². The van der Waals surface area contributed by atoms with E-state index in [0.29, 0.717) is 21.8 Å². The minimum atomic E-state index is -0.612. The van der Waals surface area contributed by atoms with E-state index in [1.807, 2.05) is 0 Å². The van der Waals surface area contributed by atoms with Crippen LogP contribution in [-0.2, 0) is 16.1 Å². The van der Waals surface area contributed by atoms with Crippen LogP contribution in [0.15, 0.2) is 54.6 Å². The normalized spacial score (nSPS) is 10.6. The number of benzene rings is 2. The Kier molecular flexibility index (Phi) is 5.66. The van der Waals surface area contributed by atoms with E-state index in [4.69, 9.17) is 16.3 Å². The van der Waals surface area contributed by atoms with E-state index in [-0.39, 0.29) is 18.3 Å². The predicted molar refractivity (Wildman–Crippen MR) is 99.9 cm³/mol. The molecule has 1 heterocycles. The topological polar surface area (TPSA) is 59.5 Å². The first-order chi connectivity index (χ1) is 12.9. The number of esters is 1. The molecule has 7 heteroatoms. The molecule has 1 amide bonds. The first-order valence-electron chi connectivity index (χ1n) is 8.14. The Morgan fingerprint density at radius 2 is 1.96 bits per heavy atom. The SMILES string of the molecule is CN(Cc1cccc(F)c1)C(=O)COC(=O)c1ccc2nc(Cl)ccc2c1. The second-order valence-electron chi connectivity index (χ2n) is 6.00. The van der Waals surface area contributed by atoms with Gasteiger partial charge >= 0.3 is 5.97 Å². The van der Waals surface area contributed by atoms with Crippen LogP contribution in [0, 0.1) is 5.82 Å². The van der Waals surface area contributed by atoms with Crippen molar-refractivity contribution in [2.75, 3.05) is 13.7 Å². The Morgan fingerprint density at radius 3 is 2.74 bits per heavy atom. The van der Waals surface area contributed by atoms with Crippen LogP contribution in [0.2, 0.25) is 5.15 Å². The largest absolute Gasteiger partial charge is 0.452 e. The third-order valence-electron chi connectivity index (χ3n) is 3.95. The summed E-state index contributed by atoms with van der Waals surface area (Å²) in [6, 6.07) is 14.2. The molecule has 0 fully saturated rings. The standard InChI is InChI=1S/C20H16ClFN2O3/c1-24(11-13-3-2-4-16(22)9-13)19(25)12-27-20(26)15-5-7-17-14(10-15)6-8-18(21)23-17/h2-10H,11-12H2,1H3. The second kappa shape index (κ2) is 8.14. The Labute approximate surface area is 160 Å². The van der Waals surface area contributed by atoms with Crippen molar-refractivity contribution in [3.63, 3.8) is 0 Å². The lowest BCUT2D eigenvalue weighted by molar-refractivity contribution is -0.133. The number of likely N-dealkylation sites (N-methyl/N-ethyl adjacent to an activating group) is 1. The lowest BCUT2D eigenvalue weighted by Crippen LogP contribution is -2.30. The predicted octanol–water partition coefficient (Wildman–Crippen LogP) is 3.84. The van der Waals surface area contributed by atoms with Gasteiger partial charge in [0.15, 0.2) is 6.61 Å². The lowest BCUT2D eigenvalue weighted by atomic mass is 10.1. The van der Waals surface area contributed by atoms with E-state index in [1.165, 1.54) is 17.0 Å². The lowest BCUT2D eigenvalue weighted by Gasteiger charge is -2.17. The second-order valence-corrected chi connectivity index (χ2v) is 6.38. The van der Waals surface area contributed by atoms with E-state index in [9.17, 15) is 14.0 Å². The van der Waals surface area contributed by atoms with Crippen LogP contribution in [0.4, 0.5) is 4.39 Å². The van der Waals surface area contributed by atoms with Crippen LogP contribution in [0.25, 0.3) is 10.9 Å². The van der Waals surface area contributed by atoms with Crippen LogP contribution in [0.1, 0.15) is 15.9 Å². The zero-order valence-electron chi connectivity index (χ0n) is 14.5. The quantitative estimate of drug-likeness (QED) is 0.493. The van der Waals surface area contributed by atoms with Crippen molar-refractivity contribution in [1.29, 1.82) is 0 Å². The van der Waals surface area contributed by atoms with Gasteiger partial charge in [0.05, 0.1) is 11.1 Å². The average Bonchev–Trinajstić information content (AvgIpc) is 2.65. The van der Waals surface area contributed by atoms with Crippen LogP contribution in [0.3, 0.4) is 0 Å². The molecule has 3 rings (SSSR count). The number of carbonyl (C=O) groups is 2. The number of fused-ring (bicyclic) bond motifs is 1. The van der Waals surface area contributed by atoms with Gasteiger partial charge in [-0.2, -0.15) is 0 Å². The van der Waals surface area contributed by atoms with Gasteiger partial charge in [-0.15, -0.1) is 0 Å². The molecule has 0 atom stereocenters. The van der Waals surface area contributed by atoms with Crippen molar-refractivity contribution in [3.05, 3.63) is 76.7 Å². The summed E-state index contributed by atoms with van der Waals surface area (Å²) < 4.78 is 18.3. The maximum absolute atomic E-state index is 13.2. The van der Waals surface area contributed by atoms with E-state index >= 15 is 0 Å². The highest BCUT2D eigenvalue weighted by molar-refractivity contribution is 6.29. The van der Waals surface area contributed by atoms with Crippen LogP contribution >= 0.6 is 11.6 Å². The number of aromatic nitrogens is 1. The smallest absolute Gasteiger partial charge is 0.338 e. The molecule has 0 aliphatic carbocycles. The summed E-state index contributed by atoms with van der Waals surface area (Å²) in [4.78, 5) is 29.9. The minimum absolute atomic E-state index is 0.219. The molecule has 0 aliphatic heterocycles. The van der Waals surface area contributed by atoms with Crippen molar-refractivity contribution in [2.24, 2.45) is 0 Å². The van der Waals surface area contributed by atoms with Crippen LogP contribution in [-0.4, -0.2) is 35.4 Å². The zero-order chi connectivity index (χ0) is 19.4. The number of pyridine rings is 1. The van der Waals surface area contributed by atoms with Gasteiger partial charge < -0.3 is 9.64 Å². The molecule has 5 nitrogen and oxygen atoms in total. The van der Waals surface area contributed by atoms with E-state index < -0.39 is 12.6 Å². The van der Waals surface area contributed by atoms with Gasteiger partial charge in [-0.25, -0.2) is 14.2 Å². The molecule has 2 aromatic carbocycles. The van der Waals surface area contributed by atoms with Gasteiger partial charge in [0.2, 0.25) is 0 Å². The Bertz CT molecular complexity index is 1010. The number of hydrogen-bond acceptors (Lipinski definition) is 4. The Hall–Kier alpha value is -2.99. The third kappa shape index (κ3) is 4.80. The number of hydrogen-bond donors (Lipinski definition) is 0. The fourth-order valence-corrected chi connectivity index (χ4v) is 2.70. The van der Waals surface area contributed by atoms with E-state index in [0.717, 1.165) is 5.39 Å². The number of ether oxygens (including phenoxy) is 1. The van der Waals surface area contributed by atoms with Gasteiger partial charge in [0, 0.05) is 19.0 Å². The number of nitrogens with zero attached hydrogens (tertiary/aromatic N) is 2. The van der Waals surface area contributed by atoms with Crippen molar-refractivity contribution < 1.29 is 18.7 Å². The van der Waals surface area contributed by atoms with Crippen molar-refractivity contribution in [2.45, 2.75) is 6.54 Å². The third-order valence-corrected chi connectivity index (χ3v) is 4.16. The van der Waals surface area contributed by atoms with Crippen molar-refractivity contribution >= 4 is 34.4 Å². The Balaban J connectivity index is 1.59. The molecular formula is C20H16ClFN2O3. The summed E-state index contributed by atoms with van der Waals surface area (Å²) in [5.41, 5.74) is 1.62. The number of rotatable bonds is 5. The molecular weight excluding hydrogens is 371 g/mol. The molecule has 27 heavy (non-hydrogen) atoms. The molecule has 0 aliphatic rings. The molecule has 0 saturated carbocycles. The maximum Gasteiger partial charge on any atom is 0.338 e. The molecule has 0 N–H and O–H groups in total. The molecule has 138 valence electrons. The fraction of sp³-hybridized carbons (Fsp3) is 0.150. The maximum atomic E-state index is 13.2. The fourth-order valence-electron chi connectivity index (χ4n) is 2.55. The highest BCUT2D eigenvalue weighted by Crippen LogP contribution is 2.17. The molecule has 0 radical (unpaired) electrons. The summed E-state index contributed by atoms with van der Waals surface area (Å²) in [7, 11) is 1.56. The zero-order valence-corrected chi connectivity index (χ0v) is 15.2. The summed E-state index contributed by atoms with van der Waals surface area (Å²) in [5, 5.41) is 1.10. The van der Waals surface area contributed by atoms with Crippen LogP contribution < -0.4 is 0 Å². The van der Waals surface area contributed by atoms with E-state index in [1.54, 1.807) is 49.5 Å². The summed E-state index contributed by atoms with van der Waals surface area (Å²) >= 11 is 5.84. The number of carbonyl (C=O) groups excluding carboxylic acids is 2. The molecule has 0 unspecified atom stereocenters. The monoisotopic (exact) mass is 386 g/mol. The number of halogens is 2. The molecule has 0 saturated heterocycles. The van der Waals surface area contributed by atoms with Gasteiger partial charge in [0.1, 0.15) is 11.0 Å². The van der Waals surface area contributed by atoms with Gasteiger partial charge in [-0.1, -0.05) is 23.7 Å². The van der Waals surface area contributed by atoms with Gasteiger partial charge in [0.25, 0.3) is 5.91 Å². The summed E-state index contributed by atoms with van der Waals surface area (Å²) in [6.07, 6.45) is 0. The van der Waals surface area contributed by atoms with Crippen molar-refractivity contribution in [3.8, 4) is 0 Å². The first kappa shape index (κ1) is 18.8. The van der Waals surface area contributed by atoms with Gasteiger partial charge in [-0.05, 0) is 48.0 Å². The molecule has 3 aromatic rings. The summed E-state index contributed by atoms with van der Waals surface area (Å²) in [6.45, 7) is -0.182. The van der Waals surface area contributed by atoms with Gasteiger partial charge in [-0.3, -0.25) is 4.79 Å². The highest BCUT2D eigenvalue weighted by Gasteiger charge is 2.14. The minimum Gasteiger partial charge on any atom is -0.452 e. The summed E-state index contributed by atoms with van der Waals surface area (Å²) in [5.74, 6) is -1.37. The average molecular weight is 387 g/mol. The molecule has 0 bridgehead atoms.